The van der Waals surface area contributed by atoms with E-state index in [4.69, 9.17) is 4.74 Å². The summed E-state index contributed by atoms with van der Waals surface area (Å²) < 4.78 is 19.4. The summed E-state index contributed by atoms with van der Waals surface area (Å²) in [5, 5.41) is 9.35. The molecule has 0 aliphatic carbocycles. The molecule has 1 N–H and O–H groups in total. The molecule has 0 amide bonds. The minimum atomic E-state index is -0.626. The Morgan fingerprint density at radius 3 is 2.27 bits per heavy atom. The average Bonchev–Trinajstić information content (AvgIpc) is 2.84. The number of phenols is 1. The van der Waals surface area contributed by atoms with Gasteiger partial charge in [0.25, 0.3) is 0 Å². The van der Waals surface area contributed by atoms with Crippen molar-refractivity contribution in [2.75, 3.05) is 6.61 Å². The van der Waals surface area contributed by atoms with Crippen molar-refractivity contribution in [1.82, 2.24) is 9.97 Å². The van der Waals surface area contributed by atoms with Crippen molar-refractivity contribution >= 4 is 6.08 Å². The SMILES string of the molecule is CCCCCOC(C)CCCC=Cc1ncc(-c2ccc(-c3ccc(O)c(F)c3)cc2)cn1. The Balaban J connectivity index is 1.47. The molecule has 0 radical (unpaired) electrons. The number of unbranched alkanes of at least 4 members (excludes halogenated alkanes) is 3. The third-order valence-corrected chi connectivity index (χ3v) is 5.57. The van der Waals surface area contributed by atoms with E-state index in [9.17, 15) is 9.50 Å². The minimum absolute atomic E-state index is 0.310. The molecule has 2 aromatic carbocycles. The van der Waals surface area contributed by atoms with Gasteiger partial charge in [0.15, 0.2) is 17.4 Å². The number of nitrogens with zero attached hydrogens (tertiary/aromatic N) is 2. The fourth-order valence-electron chi connectivity index (χ4n) is 3.55. The predicted molar refractivity (Wildman–Crippen MR) is 132 cm³/mol. The number of phenolic OH excluding ortho intramolecular Hbond substituents is 1. The molecule has 1 heterocycles. The van der Waals surface area contributed by atoms with Crippen molar-refractivity contribution in [2.45, 2.75) is 58.5 Å². The lowest BCUT2D eigenvalue weighted by Crippen LogP contribution is -2.08. The van der Waals surface area contributed by atoms with Gasteiger partial charge >= 0.3 is 0 Å². The van der Waals surface area contributed by atoms with E-state index >= 15 is 0 Å². The summed E-state index contributed by atoms with van der Waals surface area (Å²) in [7, 11) is 0. The highest BCUT2D eigenvalue weighted by atomic mass is 19.1. The van der Waals surface area contributed by atoms with Gasteiger partial charge in [-0.15, -0.1) is 0 Å². The van der Waals surface area contributed by atoms with Gasteiger partial charge in [-0.05, 0) is 67.5 Å². The van der Waals surface area contributed by atoms with Crippen LogP contribution in [0.5, 0.6) is 5.75 Å². The van der Waals surface area contributed by atoms with Crippen molar-refractivity contribution in [2.24, 2.45) is 0 Å². The average molecular weight is 449 g/mol. The lowest BCUT2D eigenvalue weighted by atomic mass is 10.0. The maximum absolute atomic E-state index is 13.6. The lowest BCUT2D eigenvalue weighted by Gasteiger charge is -2.11. The van der Waals surface area contributed by atoms with E-state index < -0.39 is 5.82 Å². The minimum Gasteiger partial charge on any atom is -0.505 e. The molecule has 0 fully saturated rings. The van der Waals surface area contributed by atoms with Crippen LogP contribution in [0.2, 0.25) is 0 Å². The van der Waals surface area contributed by atoms with Crippen LogP contribution < -0.4 is 0 Å². The number of allylic oxidation sites excluding steroid dienone is 1. The molecule has 1 unspecified atom stereocenters. The Kier molecular flexibility index (Phi) is 9.58. The summed E-state index contributed by atoms with van der Waals surface area (Å²) >= 11 is 0. The van der Waals surface area contributed by atoms with Crippen LogP contribution in [0.1, 0.15) is 58.2 Å². The Hall–Kier alpha value is -3.05. The molecule has 0 spiro atoms. The normalized spacial score (nSPS) is 12.3. The second kappa shape index (κ2) is 12.9. The van der Waals surface area contributed by atoms with Gasteiger partial charge in [-0.1, -0.05) is 56.2 Å². The lowest BCUT2D eigenvalue weighted by molar-refractivity contribution is 0.0566. The van der Waals surface area contributed by atoms with E-state index in [0.29, 0.717) is 17.5 Å². The van der Waals surface area contributed by atoms with E-state index in [-0.39, 0.29) is 5.75 Å². The van der Waals surface area contributed by atoms with Gasteiger partial charge in [0, 0.05) is 24.6 Å². The highest BCUT2D eigenvalue weighted by molar-refractivity contribution is 5.70. The molecule has 3 aromatic rings. The Bertz CT molecular complexity index is 1020. The number of rotatable bonds is 12. The van der Waals surface area contributed by atoms with E-state index in [0.717, 1.165) is 49.0 Å². The molecule has 4 nitrogen and oxygen atoms in total. The molecular weight excluding hydrogens is 415 g/mol. The van der Waals surface area contributed by atoms with Crippen molar-refractivity contribution in [3.63, 3.8) is 0 Å². The number of ether oxygens (including phenoxy) is 1. The van der Waals surface area contributed by atoms with Crippen LogP contribution in [0.4, 0.5) is 4.39 Å². The van der Waals surface area contributed by atoms with Crippen molar-refractivity contribution in [1.29, 1.82) is 0 Å². The maximum Gasteiger partial charge on any atom is 0.165 e. The molecule has 0 aliphatic heterocycles. The van der Waals surface area contributed by atoms with Gasteiger partial charge in [-0.2, -0.15) is 0 Å². The molecule has 1 aromatic heterocycles. The number of aromatic hydroxyl groups is 1. The van der Waals surface area contributed by atoms with Crippen molar-refractivity contribution < 1.29 is 14.2 Å². The quantitative estimate of drug-likeness (QED) is 0.293. The van der Waals surface area contributed by atoms with Gasteiger partial charge < -0.3 is 9.84 Å². The van der Waals surface area contributed by atoms with Gasteiger partial charge in [-0.25, -0.2) is 14.4 Å². The Morgan fingerprint density at radius 2 is 1.61 bits per heavy atom. The molecule has 33 heavy (non-hydrogen) atoms. The van der Waals surface area contributed by atoms with Crippen molar-refractivity contribution in [3.8, 4) is 28.0 Å². The van der Waals surface area contributed by atoms with Crippen LogP contribution in [0.15, 0.2) is 60.9 Å². The largest absolute Gasteiger partial charge is 0.505 e. The van der Waals surface area contributed by atoms with Crippen LogP contribution in [0, 0.1) is 5.82 Å². The molecule has 1 atom stereocenters. The molecule has 5 heteroatoms. The fraction of sp³-hybridized carbons (Fsp3) is 0.357. The van der Waals surface area contributed by atoms with Gasteiger partial charge in [-0.3, -0.25) is 0 Å². The Labute approximate surface area is 196 Å². The number of hydrogen-bond acceptors (Lipinski definition) is 4. The first-order chi connectivity index (χ1) is 16.1. The number of halogens is 1. The summed E-state index contributed by atoms with van der Waals surface area (Å²) in [6.07, 6.45) is 14.7. The van der Waals surface area contributed by atoms with Crippen LogP contribution >= 0.6 is 0 Å². The molecule has 3 rings (SSSR count). The summed E-state index contributed by atoms with van der Waals surface area (Å²) in [5.74, 6) is -0.277. The van der Waals surface area contributed by atoms with E-state index in [2.05, 4.69) is 29.9 Å². The first-order valence-electron chi connectivity index (χ1n) is 11.8. The number of hydrogen-bond donors (Lipinski definition) is 1. The van der Waals surface area contributed by atoms with Crippen molar-refractivity contribution in [3.05, 3.63) is 72.6 Å². The maximum atomic E-state index is 13.6. The van der Waals surface area contributed by atoms with Crippen LogP contribution in [-0.2, 0) is 4.74 Å². The third kappa shape index (κ3) is 7.79. The molecular formula is C28H33FN2O2. The predicted octanol–water partition coefficient (Wildman–Crippen LogP) is 7.43. The molecule has 0 saturated carbocycles. The standard InChI is InChI=1S/C28H33FN2O2/c1-3-4-8-17-33-21(2)9-6-5-7-10-28-30-19-25(20-31-28)23-13-11-22(12-14-23)24-15-16-27(32)26(29)18-24/h7,10-16,18-21,32H,3-6,8-9,17H2,1-2H3. The highest BCUT2D eigenvalue weighted by Gasteiger charge is 2.05. The van der Waals surface area contributed by atoms with Crippen LogP contribution in [-0.4, -0.2) is 27.8 Å². The second-order valence-electron chi connectivity index (χ2n) is 8.30. The first-order valence-corrected chi connectivity index (χ1v) is 11.8. The summed E-state index contributed by atoms with van der Waals surface area (Å²) in [6, 6.07) is 12.1. The highest BCUT2D eigenvalue weighted by Crippen LogP contribution is 2.27. The van der Waals surface area contributed by atoms with Gasteiger partial charge in [0.2, 0.25) is 0 Å². The summed E-state index contributed by atoms with van der Waals surface area (Å²) in [5.41, 5.74) is 3.50. The molecule has 0 aliphatic rings. The molecule has 0 bridgehead atoms. The van der Waals surface area contributed by atoms with Gasteiger partial charge in [0.1, 0.15) is 0 Å². The zero-order valence-electron chi connectivity index (χ0n) is 19.5. The topological polar surface area (TPSA) is 55.2 Å². The first kappa shape index (κ1) is 24.6. The van der Waals surface area contributed by atoms with E-state index in [1.54, 1.807) is 6.07 Å². The zero-order chi connectivity index (χ0) is 23.5. The number of benzene rings is 2. The Morgan fingerprint density at radius 1 is 0.939 bits per heavy atom. The second-order valence-corrected chi connectivity index (χ2v) is 8.30. The summed E-state index contributed by atoms with van der Waals surface area (Å²) in [4.78, 5) is 8.90. The van der Waals surface area contributed by atoms with E-state index in [1.165, 1.54) is 25.0 Å². The monoisotopic (exact) mass is 448 g/mol. The molecule has 0 saturated heterocycles. The van der Waals surface area contributed by atoms with E-state index in [1.807, 2.05) is 42.7 Å². The smallest absolute Gasteiger partial charge is 0.165 e. The van der Waals surface area contributed by atoms with Crippen LogP contribution in [0.25, 0.3) is 28.3 Å². The fourth-order valence-corrected chi connectivity index (χ4v) is 3.55. The number of aromatic nitrogens is 2. The summed E-state index contributed by atoms with van der Waals surface area (Å²) in [6.45, 7) is 5.21. The van der Waals surface area contributed by atoms with Gasteiger partial charge in [0.05, 0.1) is 6.10 Å². The molecule has 174 valence electrons. The zero-order valence-corrected chi connectivity index (χ0v) is 19.5. The third-order valence-electron chi connectivity index (χ3n) is 5.57. The van der Waals surface area contributed by atoms with Crippen LogP contribution in [0.3, 0.4) is 0 Å².